The van der Waals surface area contributed by atoms with Crippen molar-refractivity contribution < 1.29 is 4.79 Å². The number of halogens is 1. The lowest BCUT2D eigenvalue weighted by atomic mass is 10.1. The van der Waals surface area contributed by atoms with E-state index in [-0.39, 0.29) is 5.91 Å². The zero-order valence-corrected chi connectivity index (χ0v) is 11.0. The minimum atomic E-state index is 0.197. The maximum atomic E-state index is 11.7. The number of rotatable bonds is 4. The van der Waals surface area contributed by atoms with Crippen LogP contribution >= 0.6 is 15.9 Å². The number of carbonyl (C=O) groups is 1. The largest absolute Gasteiger partial charge is 0.335 e. The van der Waals surface area contributed by atoms with E-state index in [2.05, 4.69) is 47.1 Å². The number of hydrogen-bond donors (Lipinski definition) is 0. The van der Waals surface area contributed by atoms with E-state index in [0.717, 1.165) is 19.4 Å². The quantitative estimate of drug-likeness (QED) is 0.778. The van der Waals surface area contributed by atoms with E-state index in [1.54, 1.807) is 0 Å². The molecule has 0 aliphatic heterocycles. The summed E-state index contributed by atoms with van der Waals surface area (Å²) in [6.07, 6.45) is 2.31. The monoisotopic (exact) mass is 281 g/mol. The SMILES string of the molecule is Cc1ccc(CN(C(=O)CBr)C2CC2)cc1. The molecule has 0 radical (unpaired) electrons. The summed E-state index contributed by atoms with van der Waals surface area (Å²) < 4.78 is 0. The first kappa shape index (κ1) is 11.6. The highest BCUT2D eigenvalue weighted by Gasteiger charge is 2.31. The zero-order valence-electron chi connectivity index (χ0n) is 9.45. The molecule has 0 heterocycles. The van der Waals surface area contributed by atoms with Gasteiger partial charge in [-0.3, -0.25) is 4.79 Å². The van der Waals surface area contributed by atoms with E-state index >= 15 is 0 Å². The van der Waals surface area contributed by atoms with Gasteiger partial charge in [0.2, 0.25) is 5.91 Å². The molecule has 1 aliphatic carbocycles. The van der Waals surface area contributed by atoms with Crippen LogP contribution in [0.4, 0.5) is 0 Å². The van der Waals surface area contributed by atoms with E-state index in [0.29, 0.717) is 11.4 Å². The number of hydrogen-bond acceptors (Lipinski definition) is 1. The fraction of sp³-hybridized carbons (Fsp3) is 0.462. The Labute approximate surface area is 105 Å². The number of carbonyl (C=O) groups excluding carboxylic acids is 1. The smallest absolute Gasteiger partial charge is 0.233 e. The molecular weight excluding hydrogens is 266 g/mol. The molecule has 2 rings (SSSR count). The van der Waals surface area contributed by atoms with Crippen molar-refractivity contribution in [3.63, 3.8) is 0 Å². The van der Waals surface area contributed by atoms with Crippen molar-refractivity contribution in [1.29, 1.82) is 0 Å². The fourth-order valence-corrected chi connectivity index (χ4v) is 2.10. The molecule has 0 atom stereocenters. The predicted octanol–water partition coefficient (Wildman–Crippen LogP) is 2.88. The molecule has 0 spiro atoms. The molecule has 0 unspecified atom stereocenters. The Morgan fingerprint density at radius 3 is 2.50 bits per heavy atom. The van der Waals surface area contributed by atoms with Gasteiger partial charge in [0.25, 0.3) is 0 Å². The van der Waals surface area contributed by atoms with Gasteiger partial charge in [-0.2, -0.15) is 0 Å². The summed E-state index contributed by atoms with van der Waals surface area (Å²) in [6, 6.07) is 8.88. The molecule has 0 aromatic heterocycles. The lowest BCUT2D eigenvalue weighted by molar-refractivity contribution is -0.129. The number of benzene rings is 1. The van der Waals surface area contributed by atoms with Crippen molar-refractivity contribution in [2.24, 2.45) is 0 Å². The summed E-state index contributed by atoms with van der Waals surface area (Å²) in [5.74, 6) is 0.197. The molecule has 1 aromatic rings. The van der Waals surface area contributed by atoms with Crippen LogP contribution in [0.15, 0.2) is 24.3 Å². The molecule has 0 N–H and O–H groups in total. The van der Waals surface area contributed by atoms with E-state index < -0.39 is 0 Å². The molecule has 2 nitrogen and oxygen atoms in total. The molecule has 1 aliphatic rings. The molecular formula is C13H16BrNO. The van der Waals surface area contributed by atoms with Crippen molar-refractivity contribution in [2.45, 2.75) is 32.4 Å². The van der Waals surface area contributed by atoms with Crippen molar-refractivity contribution >= 4 is 21.8 Å². The van der Waals surface area contributed by atoms with Gasteiger partial charge in [-0.25, -0.2) is 0 Å². The molecule has 0 bridgehead atoms. The number of aryl methyl sites for hydroxylation is 1. The maximum Gasteiger partial charge on any atom is 0.233 e. The first-order valence-electron chi connectivity index (χ1n) is 5.61. The van der Waals surface area contributed by atoms with Crippen LogP contribution in [0.2, 0.25) is 0 Å². The Balaban J connectivity index is 2.05. The van der Waals surface area contributed by atoms with Gasteiger partial charge in [0, 0.05) is 12.6 Å². The highest BCUT2D eigenvalue weighted by molar-refractivity contribution is 9.09. The Kier molecular flexibility index (Phi) is 3.64. The van der Waals surface area contributed by atoms with Gasteiger partial charge in [0.15, 0.2) is 0 Å². The van der Waals surface area contributed by atoms with Crippen LogP contribution in [0, 0.1) is 6.92 Å². The Bertz CT molecular complexity index is 370. The molecule has 86 valence electrons. The molecule has 1 amide bonds. The van der Waals surface area contributed by atoms with Gasteiger partial charge in [-0.15, -0.1) is 0 Å². The van der Waals surface area contributed by atoms with E-state index in [1.165, 1.54) is 11.1 Å². The third-order valence-corrected chi connectivity index (χ3v) is 3.38. The zero-order chi connectivity index (χ0) is 11.5. The molecule has 16 heavy (non-hydrogen) atoms. The van der Waals surface area contributed by atoms with Gasteiger partial charge < -0.3 is 4.90 Å². The van der Waals surface area contributed by atoms with Gasteiger partial charge in [-0.05, 0) is 25.3 Å². The minimum Gasteiger partial charge on any atom is -0.335 e. The van der Waals surface area contributed by atoms with Crippen molar-refractivity contribution in [2.75, 3.05) is 5.33 Å². The van der Waals surface area contributed by atoms with Gasteiger partial charge >= 0.3 is 0 Å². The van der Waals surface area contributed by atoms with Crippen LogP contribution in [0.25, 0.3) is 0 Å². The lowest BCUT2D eigenvalue weighted by Crippen LogP contribution is -2.33. The first-order valence-corrected chi connectivity index (χ1v) is 6.74. The Hall–Kier alpha value is -0.830. The van der Waals surface area contributed by atoms with Crippen molar-refractivity contribution in [3.05, 3.63) is 35.4 Å². The second-order valence-electron chi connectivity index (χ2n) is 4.37. The highest BCUT2D eigenvalue weighted by atomic mass is 79.9. The topological polar surface area (TPSA) is 20.3 Å². The van der Waals surface area contributed by atoms with E-state index in [1.807, 2.05) is 4.90 Å². The fourth-order valence-electron chi connectivity index (χ4n) is 1.77. The molecule has 1 saturated carbocycles. The van der Waals surface area contributed by atoms with E-state index in [4.69, 9.17) is 0 Å². The summed E-state index contributed by atoms with van der Waals surface area (Å²) in [5, 5.41) is 0.426. The van der Waals surface area contributed by atoms with Crippen molar-refractivity contribution in [3.8, 4) is 0 Å². The van der Waals surface area contributed by atoms with E-state index in [9.17, 15) is 4.79 Å². The highest BCUT2D eigenvalue weighted by Crippen LogP contribution is 2.28. The molecule has 3 heteroatoms. The van der Waals surface area contributed by atoms with Crippen LogP contribution < -0.4 is 0 Å². The second-order valence-corrected chi connectivity index (χ2v) is 4.93. The molecule has 0 saturated heterocycles. The number of nitrogens with zero attached hydrogens (tertiary/aromatic N) is 1. The Morgan fingerprint density at radius 2 is 2.00 bits per heavy atom. The summed E-state index contributed by atoms with van der Waals surface area (Å²) in [5.41, 5.74) is 2.47. The number of amides is 1. The lowest BCUT2D eigenvalue weighted by Gasteiger charge is -2.21. The van der Waals surface area contributed by atoms with Crippen LogP contribution in [-0.4, -0.2) is 22.2 Å². The van der Waals surface area contributed by atoms with Crippen LogP contribution in [-0.2, 0) is 11.3 Å². The third-order valence-electron chi connectivity index (χ3n) is 2.90. The van der Waals surface area contributed by atoms with Gasteiger partial charge in [0.1, 0.15) is 0 Å². The van der Waals surface area contributed by atoms with Crippen LogP contribution in [0.5, 0.6) is 0 Å². The number of alkyl halides is 1. The van der Waals surface area contributed by atoms with Crippen molar-refractivity contribution in [1.82, 2.24) is 4.90 Å². The summed E-state index contributed by atoms with van der Waals surface area (Å²) in [7, 11) is 0. The van der Waals surface area contributed by atoms with Gasteiger partial charge in [-0.1, -0.05) is 45.8 Å². The summed E-state index contributed by atoms with van der Waals surface area (Å²) >= 11 is 3.25. The molecule has 1 fully saturated rings. The second kappa shape index (κ2) is 5.00. The first-order chi connectivity index (χ1) is 7.70. The standard InChI is InChI=1S/C13H16BrNO/c1-10-2-4-11(5-3-10)9-15(12-6-7-12)13(16)8-14/h2-5,12H,6-9H2,1H3. The van der Waals surface area contributed by atoms with Crippen LogP contribution in [0.3, 0.4) is 0 Å². The normalized spacial score (nSPS) is 14.9. The third kappa shape index (κ3) is 2.85. The van der Waals surface area contributed by atoms with Gasteiger partial charge in [0.05, 0.1) is 5.33 Å². The Morgan fingerprint density at radius 1 is 1.38 bits per heavy atom. The van der Waals surface area contributed by atoms with Crippen LogP contribution in [0.1, 0.15) is 24.0 Å². The average Bonchev–Trinajstić information content (AvgIpc) is 3.11. The molecule has 1 aromatic carbocycles. The summed E-state index contributed by atoms with van der Waals surface area (Å²) in [6.45, 7) is 2.82. The minimum absolute atomic E-state index is 0.197. The predicted molar refractivity (Wildman–Crippen MR) is 68.5 cm³/mol. The summed E-state index contributed by atoms with van der Waals surface area (Å²) in [4.78, 5) is 13.7. The average molecular weight is 282 g/mol. The maximum absolute atomic E-state index is 11.7.